The minimum absolute atomic E-state index is 0.121. The lowest BCUT2D eigenvalue weighted by Crippen LogP contribution is -2.41. The van der Waals surface area contributed by atoms with E-state index in [1.165, 1.54) is 7.11 Å². The average molecular weight is 313 g/mol. The zero-order chi connectivity index (χ0) is 15.6. The van der Waals surface area contributed by atoms with Gasteiger partial charge in [0.15, 0.2) is 0 Å². The number of nitrogens with one attached hydrogen (secondary N) is 1. The lowest BCUT2D eigenvalue weighted by atomic mass is 10.2. The first-order chi connectivity index (χ1) is 9.92. The van der Waals surface area contributed by atoms with Gasteiger partial charge in [0.05, 0.1) is 24.9 Å². The molecule has 1 aromatic rings. The number of carbonyl (C=O) groups is 1. The number of benzene rings is 1. The number of rotatable bonds is 4. The molecule has 1 aromatic carbocycles. The van der Waals surface area contributed by atoms with Crippen LogP contribution in [0.25, 0.3) is 0 Å². The number of carbonyl (C=O) groups excluding carboxylic acids is 1. The van der Waals surface area contributed by atoms with Gasteiger partial charge in [-0.2, -0.15) is 0 Å². The van der Waals surface area contributed by atoms with Crippen molar-refractivity contribution < 1.29 is 14.6 Å². The van der Waals surface area contributed by atoms with E-state index in [2.05, 4.69) is 5.32 Å². The molecule has 1 saturated heterocycles. The van der Waals surface area contributed by atoms with Gasteiger partial charge in [-0.1, -0.05) is 11.6 Å². The van der Waals surface area contributed by atoms with Gasteiger partial charge in [-0.05, 0) is 31.9 Å². The highest BCUT2D eigenvalue weighted by Crippen LogP contribution is 2.31. The van der Waals surface area contributed by atoms with Crippen LogP contribution in [-0.2, 0) is 4.79 Å². The third-order valence-electron chi connectivity index (χ3n) is 3.86. The maximum atomic E-state index is 12.3. The quantitative estimate of drug-likeness (QED) is 0.893. The molecule has 0 bridgehead atoms. The van der Waals surface area contributed by atoms with Crippen molar-refractivity contribution in [3.05, 3.63) is 22.7 Å². The third kappa shape index (κ3) is 3.67. The van der Waals surface area contributed by atoms with Crippen molar-refractivity contribution in [3.8, 4) is 5.75 Å². The number of hydrogen-bond acceptors (Lipinski definition) is 4. The number of aryl methyl sites for hydroxylation is 1. The molecule has 0 spiro atoms. The fraction of sp³-hybridized carbons (Fsp3) is 0.533. The number of likely N-dealkylation sites (tertiary alicyclic amines) is 1. The Kier molecular flexibility index (Phi) is 5.08. The molecule has 0 saturated carbocycles. The number of hydrogen-bond donors (Lipinski definition) is 2. The predicted molar refractivity (Wildman–Crippen MR) is 83.0 cm³/mol. The van der Waals surface area contributed by atoms with Gasteiger partial charge in [0.25, 0.3) is 0 Å². The van der Waals surface area contributed by atoms with E-state index in [1.807, 2.05) is 18.7 Å². The molecule has 116 valence electrons. The lowest BCUT2D eigenvalue weighted by Gasteiger charge is -2.23. The number of nitrogens with zero attached hydrogens (tertiary/aromatic N) is 1. The second kappa shape index (κ2) is 6.64. The number of aliphatic hydroxyl groups excluding tert-OH is 1. The van der Waals surface area contributed by atoms with Crippen LogP contribution in [0.3, 0.4) is 0 Å². The monoisotopic (exact) mass is 312 g/mol. The Morgan fingerprint density at radius 1 is 1.57 bits per heavy atom. The summed E-state index contributed by atoms with van der Waals surface area (Å²) < 4.78 is 5.25. The highest BCUT2D eigenvalue weighted by atomic mass is 35.5. The van der Waals surface area contributed by atoms with Crippen LogP contribution in [0.5, 0.6) is 5.75 Å². The van der Waals surface area contributed by atoms with Crippen LogP contribution in [0.1, 0.15) is 18.9 Å². The van der Waals surface area contributed by atoms with E-state index in [-0.39, 0.29) is 18.1 Å². The third-order valence-corrected chi connectivity index (χ3v) is 4.27. The first kappa shape index (κ1) is 16.1. The minimum atomic E-state index is -0.340. The van der Waals surface area contributed by atoms with Crippen molar-refractivity contribution in [1.29, 1.82) is 0 Å². The SMILES string of the molecule is COc1cc(Cl)c(C)cc1NC(=O)C(C)N1CC[C@H](O)C1. The van der Waals surface area contributed by atoms with Gasteiger partial charge in [-0.15, -0.1) is 0 Å². The van der Waals surface area contributed by atoms with E-state index >= 15 is 0 Å². The zero-order valence-electron chi connectivity index (χ0n) is 12.5. The van der Waals surface area contributed by atoms with E-state index in [9.17, 15) is 9.90 Å². The van der Waals surface area contributed by atoms with Gasteiger partial charge >= 0.3 is 0 Å². The standard InChI is InChI=1S/C15H21ClN2O3/c1-9-6-13(14(21-3)7-12(9)16)17-15(20)10(2)18-5-4-11(19)8-18/h6-7,10-11,19H,4-5,8H2,1-3H3,(H,17,20)/t10?,11-/m0/s1. The normalized spacial score (nSPS) is 20.3. The molecular formula is C15H21ClN2O3. The molecule has 1 unspecified atom stereocenters. The van der Waals surface area contributed by atoms with Crippen LogP contribution in [0.15, 0.2) is 12.1 Å². The highest BCUT2D eigenvalue weighted by molar-refractivity contribution is 6.31. The van der Waals surface area contributed by atoms with Crippen molar-refractivity contribution in [2.75, 3.05) is 25.5 Å². The van der Waals surface area contributed by atoms with Crippen LogP contribution in [0.2, 0.25) is 5.02 Å². The molecule has 1 fully saturated rings. The van der Waals surface area contributed by atoms with E-state index in [4.69, 9.17) is 16.3 Å². The van der Waals surface area contributed by atoms with Crippen LogP contribution in [0, 0.1) is 6.92 Å². The molecule has 2 rings (SSSR count). The van der Waals surface area contributed by atoms with Gasteiger partial charge in [-0.3, -0.25) is 9.69 Å². The van der Waals surface area contributed by atoms with Crippen LogP contribution in [-0.4, -0.2) is 48.3 Å². The Hall–Kier alpha value is -1.30. The number of aliphatic hydroxyl groups is 1. The molecule has 2 atom stereocenters. The van der Waals surface area contributed by atoms with Gasteiger partial charge in [0.1, 0.15) is 5.75 Å². The summed E-state index contributed by atoms with van der Waals surface area (Å²) in [7, 11) is 1.54. The Labute approximate surface area is 129 Å². The van der Waals surface area contributed by atoms with Gasteiger partial charge in [0.2, 0.25) is 5.91 Å². The first-order valence-corrected chi connectivity index (χ1v) is 7.37. The van der Waals surface area contributed by atoms with E-state index in [1.54, 1.807) is 12.1 Å². The molecule has 1 amide bonds. The minimum Gasteiger partial charge on any atom is -0.495 e. The maximum absolute atomic E-state index is 12.3. The lowest BCUT2D eigenvalue weighted by molar-refractivity contribution is -0.120. The number of methoxy groups -OCH3 is 1. The number of halogens is 1. The largest absolute Gasteiger partial charge is 0.495 e. The molecule has 1 heterocycles. The van der Waals surface area contributed by atoms with Crippen LogP contribution < -0.4 is 10.1 Å². The topological polar surface area (TPSA) is 61.8 Å². The summed E-state index contributed by atoms with van der Waals surface area (Å²) in [5.41, 5.74) is 1.48. The Morgan fingerprint density at radius 3 is 2.86 bits per heavy atom. The van der Waals surface area contributed by atoms with Crippen LogP contribution in [0.4, 0.5) is 5.69 Å². The van der Waals surface area contributed by atoms with E-state index < -0.39 is 0 Å². The van der Waals surface area contributed by atoms with Crippen molar-refractivity contribution in [3.63, 3.8) is 0 Å². The molecular weight excluding hydrogens is 292 g/mol. The molecule has 1 aliphatic heterocycles. The van der Waals surface area contributed by atoms with E-state index in [0.717, 1.165) is 12.1 Å². The Balaban J connectivity index is 2.10. The zero-order valence-corrected chi connectivity index (χ0v) is 13.3. The average Bonchev–Trinajstić information content (AvgIpc) is 2.88. The summed E-state index contributed by atoms with van der Waals surface area (Å²) in [6.45, 7) is 4.97. The first-order valence-electron chi connectivity index (χ1n) is 6.99. The summed E-state index contributed by atoms with van der Waals surface area (Å²) in [5.74, 6) is 0.414. The van der Waals surface area contributed by atoms with Crippen molar-refractivity contribution in [1.82, 2.24) is 4.90 Å². The highest BCUT2D eigenvalue weighted by Gasteiger charge is 2.28. The van der Waals surface area contributed by atoms with Crippen LogP contribution >= 0.6 is 11.6 Å². The molecule has 1 aliphatic rings. The van der Waals surface area contributed by atoms with Crippen molar-refractivity contribution >= 4 is 23.2 Å². The number of β-amino-alcohol motifs (C(OH)–C–C–N with tert-alkyl or cyclic N) is 1. The van der Waals surface area contributed by atoms with Gasteiger partial charge < -0.3 is 15.2 Å². The fourth-order valence-electron chi connectivity index (χ4n) is 2.45. The predicted octanol–water partition coefficient (Wildman–Crippen LogP) is 2.05. The molecule has 6 heteroatoms. The molecule has 0 aromatic heterocycles. The Bertz CT molecular complexity index is 536. The van der Waals surface area contributed by atoms with Gasteiger partial charge in [-0.25, -0.2) is 0 Å². The summed E-state index contributed by atoms with van der Waals surface area (Å²) in [5, 5.41) is 13.0. The Morgan fingerprint density at radius 2 is 2.29 bits per heavy atom. The maximum Gasteiger partial charge on any atom is 0.241 e. The second-order valence-corrected chi connectivity index (χ2v) is 5.81. The number of anilines is 1. The summed E-state index contributed by atoms with van der Waals surface area (Å²) >= 11 is 6.05. The summed E-state index contributed by atoms with van der Waals surface area (Å²) in [6.07, 6.45) is 0.369. The molecule has 0 aliphatic carbocycles. The molecule has 0 radical (unpaired) electrons. The smallest absolute Gasteiger partial charge is 0.241 e. The summed E-state index contributed by atoms with van der Waals surface area (Å²) in [6, 6.07) is 3.18. The molecule has 5 nitrogen and oxygen atoms in total. The molecule has 21 heavy (non-hydrogen) atoms. The van der Waals surface area contributed by atoms with Crippen molar-refractivity contribution in [2.45, 2.75) is 32.4 Å². The second-order valence-electron chi connectivity index (χ2n) is 5.40. The number of amides is 1. The number of ether oxygens (including phenoxy) is 1. The van der Waals surface area contributed by atoms with E-state index in [0.29, 0.717) is 29.4 Å². The fourth-order valence-corrected chi connectivity index (χ4v) is 2.61. The van der Waals surface area contributed by atoms with Crippen molar-refractivity contribution in [2.24, 2.45) is 0 Å². The van der Waals surface area contributed by atoms with Gasteiger partial charge in [0, 0.05) is 24.2 Å². The summed E-state index contributed by atoms with van der Waals surface area (Å²) in [4.78, 5) is 14.3. The molecule has 2 N–H and O–H groups in total.